The first-order valence-corrected chi connectivity index (χ1v) is 13.1. The van der Waals surface area contributed by atoms with Crippen LogP contribution in [0.5, 0.6) is 0 Å². The molecule has 180 valence electrons. The predicted octanol–water partition coefficient (Wildman–Crippen LogP) is 3.29. The number of rotatable bonds is 7. The van der Waals surface area contributed by atoms with Gasteiger partial charge in [-0.3, -0.25) is 14.7 Å². The van der Waals surface area contributed by atoms with E-state index in [1.54, 1.807) is 18.3 Å². The second kappa shape index (κ2) is 10.2. The number of aromatic nitrogens is 1. The normalized spacial score (nSPS) is 15.6. The average molecular weight is 481 g/mol. The van der Waals surface area contributed by atoms with Gasteiger partial charge in [-0.1, -0.05) is 42.5 Å². The Hall–Kier alpha value is -2.81. The summed E-state index contributed by atoms with van der Waals surface area (Å²) in [4.78, 5) is 21.6. The highest BCUT2D eigenvalue weighted by Gasteiger charge is 2.31. The van der Waals surface area contributed by atoms with E-state index in [9.17, 15) is 13.2 Å². The average Bonchev–Trinajstić information content (AvgIpc) is 2.82. The van der Waals surface area contributed by atoms with Crippen molar-refractivity contribution in [3.8, 4) is 0 Å². The fourth-order valence-electron chi connectivity index (χ4n) is 4.34. The van der Waals surface area contributed by atoms with Crippen LogP contribution in [0.3, 0.4) is 0 Å². The van der Waals surface area contributed by atoms with Gasteiger partial charge in [0.25, 0.3) is 0 Å². The number of fused-ring (bicyclic) bond motifs is 1. The molecular weight excluding hydrogens is 448 g/mol. The smallest absolute Gasteiger partial charge is 0.245 e. The summed E-state index contributed by atoms with van der Waals surface area (Å²) in [5.74, 6) is 0.0591. The molecular formula is C26H32N4O3S. The number of carbonyl (C=O) groups excluding carboxylic acids is 1. The van der Waals surface area contributed by atoms with Crippen LogP contribution in [-0.4, -0.2) is 72.2 Å². The Morgan fingerprint density at radius 1 is 1.03 bits per heavy atom. The first-order valence-electron chi connectivity index (χ1n) is 11.7. The maximum absolute atomic E-state index is 13.4. The van der Waals surface area contributed by atoms with Crippen molar-refractivity contribution in [2.75, 3.05) is 32.7 Å². The third-order valence-corrected chi connectivity index (χ3v) is 8.19. The minimum absolute atomic E-state index is 0.0591. The maximum Gasteiger partial charge on any atom is 0.245 e. The number of amides is 1. The van der Waals surface area contributed by atoms with Gasteiger partial charge in [-0.25, -0.2) is 8.42 Å². The first kappa shape index (κ1) is 24.3. The Balaban J connectivity index is 1.41. The molecule has 0 unspecified atom stereocenters. The van der Waals surface area contributed by atoms with Crippen LogP contribution in [0, 0.1) is 6.92 Å². The second-order valence-electron chi connectivity index (χ2n) is 9.12. The highest BCUT2D eigenvalue weighted by atomic mass is 32.2. The standard InChI is InChI=1S/C26H32N4O3S/c1-20(2)30(18-22-8-5-4-6-9-22)25(31)19-28-12-14-29(15-13-28)34(32,33)24-11-7-10-23-16-21(3)17-27-26(23)24/h4-11,16-17,20H,12-15,18-19H2,1-3H3. The Kier molecular flexibility index (Phi) is 7.30. The van der Waals surface area contributed by atoms with Crippen molar-refractivity contribution in [2.45, 2.75) is 38.3 Å². The van der Waals surface area contributed by atoms with E-state index in [0.29, 0.717) is 38.2 Å². The van der Waals surface area contributed by atoms with Gasteiger partial charge in [0, 0.05) is 50.3 Å². The molecule has 3 aromatic rings. The molecule has 34 heavy (non-hydrogen) atoms. The molecule has 0 saturated carbocycles. The van der Waals surface area contributed by atoms with Gasteiger partial charge in [-0.05, 0) is 44.0 Å². The van der Waals surface area contributed by atoms with Crippen LogP contribution in [0.15, 0.2) is 65.7 Å². The summed E-state index contributed by atoms with van der Waals surface area (Å²) in [5.41, 5.74) is 2.58. The quantitative estimate of drug-likeness (QED) is 0.519. The number of hydrogen-bond acceptors (Lipinski definition) is 5. The van der Waals surface area contributed by atoms with Gasteiger partial charge in [-0.2, -0.15) is 4.31 Å². The van der Waals surface area contributed by atoms with Gasteiger partial charge in [-0.15, -0.1) is 0 Å². The number of sulfonamides is 1. The molecule has 0 bridgehead atoms. The minimum atomic E-state index is -3.68. The second-order valence-corrected chi connectivity index (χ2v) is 11.0. The summed E-state index contributed by atoms with van der Waals surface area (Å²) in [5, 5.41) is 0.817. The largest absolute Gasteiger partial charge is 0.335 e. The summed E-state index contributed by atoms with van der Waals surface area (Å²) in [6.45, 7) is 8.55. The van der Waals surface area contributed by atoms with Crippen LogP contribution >= 0.6 is 0 Å². The lowest BCUT2D eigenvalue weighted by Gasteiger charge is -2.35. The molecule has 2 heterocycles. The summed E-state index contributed by atoms with van der Waals surface area (Å²) < 4.78 is 28.3. The number of piperazine rings is 1. The van der Waals surface area contributed by atoms with Crippen LogP contribution in [0.25, 0.3) is 10.9 Å². The van der Waals surface area contributed by atoms with E-state index in [-0.39, 0.29) is 23.4 Å². The summed E-state index contributed by atoms with van der Waals surface area (Å²) in [6, 6.07) is 17.3. The molecule has 7 nitrogen and oxygen atoms in total. The van der Waals surface area contributed by atoms with Crippen LogP contribution in [-0.2, 0) is 21.4 Å². The molecule has 1 aliphatic heterocycles. The zero-order valence-electron chi connectivity index (χ0n) is 20.0. The Bertz CT molecular complexity index is 1250. The maximum atomic E-state index is 13.4. The van der Waals surface area contributed by atoms with Crippen LogP contribution in [0.2, 0.25) is 0 Å². The Morgan fingerprint density at radius 3 is 2.41 bits per heavy atom. The van der Waals surface area contributed by atoms with Crippen molar-refractivity contribution in [3.63, 3.8) is 0 Å². The zero-order chi connectivity index (χ0) is 24.3. The highest BCUT2D eigenvalue weighted by Crippen LogP contribution is 2.25. The minimum Gasteiger partial charge on any atom is -0.335 e. The number of carbonyl (C=O) groups is 1. The molecule has 0 aliphatic carbocycles. The number of pyridine rings is 1. The lowest BCUT2D eigenvalue weighted by molar-refractivity contribution is -0.135. The number of nitrogens with zero attached hydrogens (tertiary/aromatic N) is 4. The van der Waals surface area contributed by atoms with Crippen LogP contribution < -0.4 is 0 Å². The fourth-order valence-corrected chi connectivity index (χ4v) is 5.93. The van der Waals surface area contributed by atoms with E-state index in [0.717, 1.165) is 16.5 Å². The van der Waals surface area contributed by atoms with Crippen molar-refractivity contribution >= 4 is 26.8 Å². The summed E-state index contributed by atoms with van der Waals surface area (Å²) in [7, 11) is -3.68. The number of hydrogen-bond donors (Lipinski definition) is 0. The van der Waals surface area contributed by atoms with E-state index < -0.39 is 10.0 Å². The Morgan fingerprint density at radius 2 is 1.74 bits per heavy atom. The molecule has 1 amide bonds. The van der Waals surface area contributed by atoms with Gasteiger partial charge >= 0.3 is 0 Å². The molecule has 8 heteroatoms. The van der Waals surface area contributed by atoms with Gasteiger partial charge in [0.2, 0.25) is 15.9 Å². The molecule has 4 rings (SSSR count). The number of para-hydroxylation sites is 1. The molecule has 1 saturated heterocycles. The van der Waals surface area contributed by atoms with E-state index in [1.807, 2.05) is 73.0 Å². The van der Waals surface area contributed by atoms with Crippen molar-refractivity contribution in [3.05, 3.63) is 71.9 Å². The van der Waals surface area contributed by atoms with Gasteiger partial charge in [0.15, 0.2) is 0 Å². The molecule has 1 fully saturated rings. The van der Waals surface area contributed by atoms with Crippen molar-refractivity contribution in [2.24, 2.45) is 0 Å². The van der Waals surface area contributed by atoms with Crippen LogP contribution in [0.1, 0.15) is 25.0 Å². The van der Waals surface area contributed by atoms with Gasteiger partial charge in [0.1, 0.15) is 4.90 Å². The highest BCUT2D eigenvalue weighted by molar-refractivity contribution is 7.89. The van der Waals surface area contributed by atoms with Crippen molar-refractivity contribution < 1.29 is 13.2 Å². The first-order chi connectivity index (χ1) is 16.3. The zero-order valence-corrected chi connectivity index (χ0v) is 20.8. The van der Waals surface area contributed by atoms with E-state index in [4.69, 9.17) is 0 Å². The molecule has 0 radical (unpaired) electrons. The number of aryl methyl sites for hydroxylation is 1. The van der Waals surface area contributed by atoms with Gasteiger partial charge < -0.3 is 4.90 Å². The van der Waals surface area contributed by atoms with E-state index >= 15 is 0 Å². The lowest BCUT2D eigenvalue weighted by atomic mass is 10.2. The summed E-state index contributed by atoms with van der Waals surface area (Å²) >= 11 is 0. The third kappa shape index (κ3) is 5.29. The van der Waals surface area contributed by atoms with Gasteiger partial charge in [0.05, 0.1) is 12.1 Å². The molecule has 1 aromatic heterocycles. The molecule has 2 aromatic carbocycles. The number of benzene rings is 2. The fraction of sp³-hybridized carbons (Fsp3) is 0.385. The third-order valence-electron chi connectivity index (χ3n) is 6.26. The molecule has 0 atom stereocenters. The molecule has 0 spiro atoms. The lowest BCUT2D eigenvalue weighted by Crippen LogP contribution is -2.52. The SMILES string of the molecule is Cc1cnc2c(S(=O)(=O)N3CCN(CC(=O)N(Cc4ccccc4)C(C)C)CC3)cccc2c1. The molecule has 0 N–H and O–H groups in total. The predicted molar refractivity (Wildman–Crippen MR) is 134 cm³/mol. The molecule has 1 aliphatic rings. The topological polar surface area (TPSA) is 73.8 Å². The van der Waals surface area contributed by atoms with E-state index in [1.165, 1.54) is 4.31 Å². The van der Waals surface area contributed by atoms with E-state index in [2.05, 4.69) is 4.98 Å². The Labute approximate surface area is 202 Å². The summed E-state index contributed by atoms with van der Waals surface area (Å²) in [6.07, 6.45) is 1.70. The monoisotopic (exact) mass is 480 g/mol. The van der Waals surface area contributed by atoms with Crippen molar-refractivity contribution in [1.82, 2.24) is 19.1 Å². The van der Waals surface area contributed by atoms with Crippen LogP contribution in [0.4, 0.5) is 0 Å². The van der Waals surface area contributed by atoms with Crippen molar-refractivity contribution in [1.29, 1.82) is 0 Å².